The van der Waals surface area contributed by atoms with Gasteiger partial charge in [-0.2, -0.15) is 0 Å². The summed E-state index contributed by atoms with van der Waals surface area (Å²) < 4.78 is 8.67. The van der Waals surface area contributed by atoms with Gasteiger partial charge in [0.15, 0.2) is 5.78 Å². The fourth-order valence-electron chi connectivity index (χ4n) is 1.86. The van der Waals surface area contributed by atoms with Gasteiger partial charge in [0.05, 0.1) is 6.54 Å². The van der Waals surface area contributed by atoms with Gasteiger partial charge in [0.25, 0.3) is 0 Å². The van der Waals surface area contributed by atoms with Crippen molar-refractivity contribution in [2.75, 3.05) is 6.61 Å². The van der Waals surface area contributed by atoms with Crippen molar-refractivity contribution in [2.45, 2.75) is 20.4 Å². The van der Waals surface area contributed by atoms with Crippen LogP contribution in [0.1, 0.15) is 24.2 Å². The van der Waals surface area contributed by atoms with Crippen molar-refractivity contribution in [1.82, 2.24) is 4.57 Å². The fraction of sp³-hybridized carbons (Fsp3) is 0.312. The summed E-state index contributed by atoms with van der Waals surface area (Å²) in [6.45, 7) is 5.12. The van der Waals surface area contributed by atoms with Crippen LogP contribution < -0.4 is 4.74 Å². The summed E-state index contributed by atoms with van der Waals surface area (Å²) in [7, 11) is 0. The first-order valence-corrected chi connectivity index (χ1v) is 7.44. The van der Waals surface area contributed by atoms with Crippen LogP contribution in [-0.4, -0.2) is 17.0 Å². The molecule has 0 radical (unpaired) electrons. The second-order valence-electron chi connectivity index (χ2n) is 4.96. The van der Waals surface area contributed by atoms with Crippen LogP contribution in [0.4, 0.5) is 0 Å². The molecule has 0 saturated heterocycles. The highest BCUT2D eigenvalue weighted by atomic mass is 79.9. The van der Waals surface area contributed by atoms with E-state index in [1.807, 2.05) is 61.1 Å². The second-order valence-corrected chi connectivity index (χ2v) is 5.88. The third kappa shape index (κ3) is 3.97. The van der Waals surface area contributed by atoms with Crippen LogP contribution in [0.3, 0.4) is 0 Å². The molecule has 0 aliphatic rings. The Morgan fingerprint density at radius 2 is 1.95 bits per heavy atom. The zero-order valence-electron chi connectivity index (χ0n) is 11.7. The van der Waals surface area contributed by atoms with E-state index in [1.54, 1.807) is 0 Å². The van der Waals surface area contributed by atoms with Gasteiger partial charge in [0, 0.05) is 28.3 Å². The minimum absolute atomic E-state index is 0.0323. The number of carbonyl (C=O) groups is 1. The van der Waals surface area contributed by atoms with Crippen LogP contribution in [-0.2, 0) is 6.54 Å². The Bertz CT molecular complexity index is 572. The Hall–Kier alpha value is -1.55. The van der Waals surface area contributed by atoms with Gasteiger partial charge in [-0.05, 0) is 30.3 Å². The van der Waals surface area contributed by atoms with Crippen LogP contribution in [0.5, 0.6) is 5.75 Å². The number of carbonyl (C=O) groups excluding carboxylic acids is 1. The van der Waals surface area contributed by atoms with Crippen LogP contribution >= 0.6 is 15.9 Å². The average Bonchev–Trinajstić information content (AvgIpc) is 2.89. The molecular formula is C16H18BrNO2. The van der Waals surface area contributed by atoms with Crippen molar-refractivity contribution >= 4 is 21.7 Å². The van der Waals surface area contributed by atoms with E-state index >= 15 is 0 Å². The zero-order valence-corrected chi connectivity index (χ0v) is 13.3. The van der Waals surface area contributed by atoms with E-state index in [0.29, 0.717) is 6.61 Å². The SMILES string of the molecule is CC(C)C(=O)c1ccn(CCOc2ccc(Br)cc2)c1. The van der Waals surface area contributed by atoms with Crippen molar-refractivity contribution < 1.29 is 9.53 Å². The van der Waals surface area contributed by atoms with E-state index in [4.69, 9.17) is 4.74 Å². The monoisotopic (exact) mass is 335 g/mol. The van der Waals surface area contributed by atoms with Gasteiger partial charge in [0.1, 0.15) is 12.4 Å². The van der Waals surface area contributed by atoms with Crippen molar-refractivity contribution in [3.05, 3.63) is 52.8 Å². The molecular weight excluding hydrogens is 318 g/mol. The average molecular weight is 336 g/mol. The molecule has 2 rings (SSSR count). The highest BCUT2D eigenvalue weighted by Gasteiger charge is 2.11. The summed E-state index contributed by atoms with van der Waals surface area (Å²) in [6.07, 6.45) is 3.80. The van der Waals surface area contributed by atoms with E-state index < -0.39 is 0 Å². The molecule has 1 aromatic carbocycles. The zero-order chi connectivity index (χ0) is 14.5. The number of hydrogen-bond donors (Lipinski definition) is 0. The third-order valence-corrected chi connectivity index (χ3v) is 3.52. The molecule has 1 aromatic heterocycles. The Morgan fingerprint density at radius 3 is 2.60 bits per heavy atom. The van der Waals surface area contributed by atoms with Crippen LogP contribution in [0.2, 0.25) is 0 Å². The standard InChI is InChI=1S/C16H18BrNO2/c1-12(2)16(19)13-7-8-18(11-13)9-10-20-15-5-3-14(17)4-6-15/h3-8,11-12H,9-10H2,1-2H3. The van der Waals surface area contributed by atoms with E-state index in [1.165, 1.54) is 0 Å². The topological polar surface area (TPSA) is 31.2 Å². The number of rotatable bonds is 6. The number of halogens is 1. The number of hydrogen-bond acceptors (Lipinski definition) is 2. The largest absolute Gasteiger partial charge is 0.492 e. The van der Waals surface area contributed by atoms with E-state index in [9.17, 15) is 4.79 Å². The summed E-state index contributed by atoms with van der Waals surface area (Å²) in [5.74, 6) is 1.06. The summed E-state index contributed by atoms with van der Waals surface area (Å²) in [4.78, 5) is 11.8. The second kappa shape index (κ2) is 6.75. The number of ketones is 1. The predicted octanol–water partition coefficient (Wildman–Crippen LogP) is 4.17. The van der Waals surface area contributed by atoms with E-state index in [2.05, 4.69) is 15.9 Å². The van der Waals surface area contributed by atoms with Crippen molar-refractivity contribution in [3.8, 4) is 5.75 Å². The minimum Gasteiger partial charge on any atom is -0.492 e. The summed E-state index contributed by atoms with van der Waals surface area (Å²) >= 11 is 3.39. The molecule has 0 N–H and O–H groups in total. The fourth-order valence-corrected chi connectivity index (χ4v) is 2.12. The highest BCUT2D eigenvalue weighted by Crippen LogP contribution is 2.16. The van der Waals surface area contributed by atoms with Gasteiger partial charge in [-0.25, -0.2) is 0 Å². The Morgan fingerprint density at radius 1 is 1.25 bits per heavy atom. The molecule has 3 nitrogen and oxygen atoms in total. The van der Waals surface area contributed by atoms with Gasteiger partial charge < -0.3 is 9.30 Å². The maximum atomic E-state index is 11.8. The van der Waals surface area contributed by atoms with Gasteiger partial charge in [-0.3, -0.25) is 4.79 Å². The molecule has 0 bridgehead atoms. The first kappa shape index (κ1) is 14.9. The van der Waals surface area contributed by atoms with Crippen LogP contribution in [0, 0.1) is 5.92 Å². The maximum absolute atomic E-state index is 11.8. The van der Waals surface area contributed by atoms with Gasteiger partial charge >= 0.3 is 0 Å². The predicted molar refractivity (Wildman–Crippen MR) is 83.2 cm³/mol. The number of Topliss-reactive ketones (excluding diaryl/α,β-unsaturated/α-hetero) is 1. The number of nitrogens with zero attached hydrogens (tertiary/aromatic N) is 1. The third-order valence-electron chi connectivity index (χ3n) is 2.99. The number of benzene rings is 1. The molecule has 0 aliphatic carbocycles. The molecule has 106 valence electrons. The Balaban J connectivity index is 1.85. The molecule has 0 aliphatic heterocycles. The molecule has 0 amide bonds. The molecule has 0 saturated carbocycles. The lowest BCUT2D eigenvalue weighted by Gasteiger charge is -2.07. The molecule has 2 aromatic rings. The van der Waals surface area contributed by atoms with E-state index in [-0.39, 0.29) is 11.7 Å². The molecule has 0 atom stereocenters. The molecule has 0 spiro atoms. The lowest BCUT2D eigenvalue weighted by Crippen LogP contribution is -2.08. The summed E-state index contributed by atoms with van der Waals surface area (Å²) in [5, 5.41) is 0. The Labute approximate surface area is 127 Å². The molecule has 20 heavy (non-hydrogen) atoms. The van der Waals surface area contributed by atoms with Crippen molar-refractivity contribution in [1.29, 1.82) is 0 Å². The quantitative estimate of drug-likeness (QED) is 0.742. The smallest absolute Gasteiger partial charge is 0.166 e. The summed E-state index contributed by atoms with van der Waals surface area (Å²) in [6, 6.07) is 9.61. The number of ether oxygens (including phenoxy) is 1. The summed E-state index contributed by atoms with van der Waals surface area (Å²) in [5.41, 5.74) is 0.767. The van der Waals surface area contributed by atoms with Crippen LogP contribution in [0.25, 0.3) is 0 Å². The van der Waals surface area contributed by atoms with Crippen molar-refractivity contribution in [3.63, 3.8) is 0 Å². The van der Waals surface area contributed by atoms with Gasteiger partial charge in [-0.1, -0.05) is 29.8 Å². The normalized spacial score (nSPS) is 10.8. The maximum Gasteiger partial charge on any atom is 0.166 e. The van der Waals surface area contributed by atoms with E-state index in [0.717, 1.165) is 22.3 Å². The Kier molecular flexibility index (Phi) is 5.01. The lowest BCUT2D eigenvalue weighted by atomic mass is 10.0. The minimum atomic E-state index is 0.0323. The molecule has 4 heteroatoms. The highest BCUT2D eigenvalue weighted by molar-refractivity contribution is 9.10. The molecule has 0 unspecified atom stereocenters. The molecule has 1 heterocycles. The van der Waals surface area contributed by atoms with Gasteiger partial charge in [-0.15, -0.1) is 0 Å². The molecule has 0 fully saturated rings. The van der Waals surface area contributed by atoms with Crippen molar-refractivity contribution in [2.24, 2.45) is 5.92 Å². The lowest BCUT2D eigenvalue weighted by molar-refractivity contribution is 0.0939. The van der Waals surface area contributed by atoms with Gasteiger partial charge in [0.2, 0.25) is 0 Å². The number of aromatic nitrogens is 1. The van der Waals surface area contributed by atoms with Crippen LogP contribution in [0.15, 0.2) is 47.2 Å². The first-order chi connectivity index (χ1) is 9.56. The first-order valence-electron chi connectivity index (χ1n) is 6.64.